The van der Waals surface area contributed by atoms with E-state index in [1.807, 2.05) is 43.3 Å². The van der Waals surface area contributed by atoms with E-state index < -0.39 is 10.0 Å². The molecule has 2 aromatic rings. The molecule has 2 rings (SSSR count). The smallest absolute Gasteiger partial charge is 0.264 e. The van der Waals surface area contributed by atoms with Crippen LogP contribution in [0.5, 0.6) is 5.75 Å². The van der Waals surface area contributed by atoms with Gasteiger partial charge in [-0.05, 0) is 50.0 Å². The zero-order valence-corrected chi connectivity index (χ0v) is 18.1. The van der Waals surface area contributed by atoms with Crippen LogP contribution in [0.25, 0.3) is 0 Å². The summed E-state index contributed by atoms with van der Waals surface area (Å²) >= 11 is 0. The summed E-state index contributed by atoms with van der Waals surface area (Å²) in [6.45, 7) is 0.354. The molecule has 29 heavy (non-hydrogen) atoms. The van der Waals surface area contributed by atoms with E-state index in [9.17, 15) is 13.2 Å². The van der Waals surface area contributed by atoms with Crippen molar-refractivity contribution < 1.29 is 22.8 Å². The molecule has 0 fully saturated rings. The number of hydrogen-bond acceptors (Lipinski definition) is 6. The van der Waals surface area contributed by atoms with Crippen LogP contribution in [0.4, 0.5) is 0 Å². The average molecular weight is 422 g/mol. The van der Waals surface area contributed by atoms with Crippen molar-refractivity contribution in [1.82, 2.24) is 14.7 Å². The number of sulfonamides is 1. The number of carbonyl (C=O) groups is 1. The predicted octanol–water partition coefficient (Wildman–Crippen LogP) is 1.91. The summed E-state index contributed by atoms with van der Waals surface area (Å²) in [5, 5.41) is 2.88. The second-order valence-electron chi connectivity index (χ2n) is 6.59. The monoisotopic (exact) mass is 421 g/mol. The molecule has 0 aliphatic heterocycles. The Labute approximate surface area is 172 Å². The Morgan fingerprint density at radius 3 is 2.28 bits per heavy atom. The molecule has 1 N–H and O–H groups in total. The number of nitrogens with one attached hydrogen (secondary N) is 1. The molecule has 8 nitrogen and oxygen atoms in total. The Bertz CT molecular complexity index is 929. The van der Waals surface area contributed by atoms with Crippen LogP contribution < -0.4 is 10.1 Å². The van der Waals surface area contributed by atoms with E-state index >= 15 is 0 Å². The van der Waals surface area contributed by atoms with Crippen LogP contribution in [0.3, 0.4) is 0 Å². The highest BCUT2D eigenvalue weighted by molar-refractivity contribution is 7.89. The molecule has 0 radical (unpaired) electrons. The molecule has 0 bridgehead atoms. The van der Waals surface area contributed by atoms with E-state index in [1.165, 1.54) is 32.4 Å². The summed E-state index contributed by atoms with van der Waals surface area (Å²) in [5.41, 5.74) is 1.27. The number of hydrogen-bond donors (Lipinski definition) is 1. The number of carbonyl (C=O) groups excluding carboxylic acids is 1. The molecule has 158 valence electrons. The fraction of sp³-hybridized carbons (Fsp3) is 0.350. The zero-order valence-electron chi connectivity index (χ0n) is 17.2. The Morgan fingerprint density at radius 2 is 1.72 bits per heavy atom. The number of rotatable bonds is 9. The topological polar surface area (TPSA) is 88.2 Å². The molecule has 1 atom stereocenters. The fourth-order valence-corrected chi connectivity index (χ4v) is 3.78. The van der Waals surface area contributed by atoms with Gasteiger partial charge in [-0.1, -0.05) is 22.7 Å². The molecular formula is C20H27N3O5S. The van der Waals surface area contributed by atoms with Crippen molar-refractivity contribution in [2.75, 3.05) is 41.9 Å². The van der Waals surface area contributed by atoms with Crippen LogP contribution in [0.1, 0.15) is 22.0 Å². The van der Waals surface area contributed by atoms with Gasteiger partial charge in [0.25, 0.3) is 15.9 Å². The molecule has 0 saturated carbocycles. The second kappa shape index (κ2) is 9.84. The maximum atomic E-state index is 12.6. The van der Waals surface area contributed by atoms with E-state index in [4.69, 9.17) is 9.57 Å². The first kappa shape index (κ1) is 22.8. The van der Waals surface area contributed by atoms with E-state index in [1.54, 1.807) is 13.2 Å². The van der Waals surface area contributed by atoms with Crippen molar-refractivity contribution >= 4 is 15.9 Å². The largest absolute Gasteiger partial charge is 0.497 e. The lowest BCUT2D eigenvalue weighted by atomic mass is 10.1. The van der Waals surface area contributed by atoms with Crippen LogP contribution in [-0.2, 0) is 14.9 Å². The van der Waals surface area contributed by atoms with Crippen LogP contribution in [0, 0.1) is 0 Å². The highest BCUT2D eigenvalue weighted by atomic mass is 32.2. The molecule has 0 saturated heterocycles. The van der Waals surface area contributed by atoms with E-state index in [-0.39, 0.29) is 22.4 Å². The quantitative estimate of drug-likeness (QED) is 0.623. The summed E-state index contributed by atoms with van der Waals surface area (Å²) in [4.78, 5) is 19.4. The minimum atomic E-state index is -3.83. The predicted molar refractivity (Wildman–Crippen MR) is 110 cm³/mol. The number of nitrogens with zero attached hydrogens (tertiary/aromatic N) is 2. The van der Waals surface area contributed by atoms with E-state index in [0.717, 1.165) is 15.8 Å². The van der Waals surface area contributed by atoms with Crippen LogP contribution in [-0.4, -0.2) is 65.6 Å². The first-order chi connectivity index (χ1) is 13.7. The molecule has 0 aliphatic rings. The maximum Gasteiger partial charge on any atom is 0.264 e. The minimum Gasteiger partial charge on any atom is -0.497 e. The van der Waals surface area contributed by atoms with Crippen LogP contribution in [0.15, 0.2) is 53.4 Å². The minimum absolute atomic E-state index is 0.0196. The van der Waals surface area contributed by atoms with Crippen LogP contribution in [0.2, 0.25) is 0 Å². The van der Waals surface area contributed by atoms with Gasteiger partial charge in [-0.25, -0.2) is 8.42 Å². The molecule has 2 aromatic carbocycles. The lowest BCUT2D eigenvalue weighted by Gasteiger charge is -2.25. The number of amides is 1. The van der Waals surface area contributed by atoms with Gasteiger partial charge in [-0.3, -0.25) is 9.63 Å². The lowest BCUT2D eigenvalue weighted by Crippen LogP contribution is -2.34. The van der Waals surface area contributed by atoms with Gasteiger partial charge in [0.1, 0.15) is 5.75 Å². The molecule has 1 unspecified atom stereocenters. The van der Waals surface area contributed by atoms with Crippen molar-refractivity contribution in [2.45, 2.75) is 10.9 Å². The maximum absolute atomic E-state index is 12.6. The van der Waals surface area contributed by atoms with Crippen LogP contribution >= 0.6 is 0 Å². The first-order valence-corrected chi connectivity index (χ1v) is 10.4. The van der Waals surface area contributed by atoms with Gasteiger partial charge >= 0.3 is 0 Å². The number of likely N-dealkylation sites (N-methyl/N-ethyl adjacent to an activating group) is 1. The summed E-state index contributed by atoms with van der Waals surface area (Å²) in [6, 6.07) is 13.4. The number of hydroxylamine groups is 1. The van der Waals surface area contributed by atoms with Gasteiger partial charge in [0.05, 0.1) is 25.2 Å². The molecular weight excluding hydrogens is 394 g/mol. The Kier molecular flexibility index (Phi) is 7.74. The van der Waals surface area contributed by atoms with Gasteiger partial charge in [0, 0.05) is 19.2 Å². The van der Waals surface area contributed by atoms with Crippen molar-refractivity contribution in [2.24, 2.45) is 0 Å². The zero-order chi connectivity index (χ0) is 21.6. The third-order valence-corrected chi connectivity index (χ3v) is 6.25. The number of benzene rings is 2. The summed E-state index contributed by atoms with van der Waals surface area (Å²) in [7, 11) is 4.18. The summed E-state index contributed by atoms with van der Waals surface area (Å²) < 4.78 is 30.7. The Morgan fingerprint density at radius 1 is 1.07 bits per heavy atom. The third kappa shape index (κ3) is 5.54. The van der Waals surface area contributed by atoms with Crippen molar-refractivity contribution in [3.8, 4) is 5.75 Å². The summed E-state index contributed by atoms with van der Waals surface area (Å²) in [6.07, 6.45) is 0. The standard InChI is InChI=1S/C20H27N3O5S/c1-22(2)19(15-9-11-17(27-4)12-10-15)14-21-20(24)16-7-6-8-18(13-16)29(25,26)23(3)28-5/h6-13,19H,14H2,1-5H3,(H,21,24). The molecule has 9 heteroatoms. The lowest BCUT2D eigenvalue weighted by molar-refractivity contribution is -0.0258. The first-order valence-electron chi connectivity index (χ1n) is 8.92. The van der Waals surface area contributed by atoms with Gasteiger partial charge in [0.2, 0.25) is 0 Å². The van der Waals surface area contributed by atoms with E-state index in [0.29, 0.717) is 6.54 Å². The van der Waals surface area contributed by atoms with Crippen molar-refractivity contribution in [1.29, 1.82) is 0 Å². The van der Waals surface area contributed by atoms with Gasteiger partial charge < -0.3 is 15.0 Å². The Balaban J connectivity index is 2.15. The highest BCUT2D eigenvalue weighted by Gasteiger charge is 2.22. The molecule has 0 spiro atoms. The number of methoxy groups -OCH3 is 1. The van der Waals surface area contributed by atoms with Gasteiger partial charge in [0.15, 0.2) is 0 Å². The van der Waals surface area contributed by atoms with Gasteiger partial charge in [-0.2, -0.15) is 0 Å². The number of ether oxygens (including phenoxy) is 1. The fourth-order valence-electron chi connectivity index (χ4n) is 2.76. The normalized spacial score (nSPS) is 12.8. The molecule has 1 amide bonds. The molecule has 0 heterocycles. The second-order valence-corrected chi connectivity index (χ2v) is 8.52. The average Bonchev–Trinajstić information content (AvgIpc) is 2.73. The highest BCUT2D eigenvalue weighted by Crippen LogP contribution is 2.21. The SMILES string of the molecule is COc1ccc(C(CNC(=O)c2cccc(S(=O)(=O)N(C)OC)c2)N(C)C)cc1. The van der Waals surface area contributed by atoms with Crippen molar-refractivity contribution in [3.05, 3.63) is 59.7 Å². The van der Waals surface area contributed by atoms with E-state index in [2.05, 4.69) is 5.32 Å². The molecule has 0 aromatic heterocycles. The molecule has 0 aliphatic carbocycles. The third-order valence-electron chi connectivity index (χ3n) is 4.57. The Hall–Kier alpha value is -2.46. The van der Waals surface area contributed by atoms with Crippen molar-refractivity contribution in [3.63, 3.8) is 0 Å². The summed E-state index contributed by atoms with van der Waals surface area (Å²) in [5.74, 6) is 0.400. The van der Waals surface area contributed by atoms with Gasteiger partial charge in [-0.15, -0.1) is 0 Å².